The van der Waals surface area contributed by atoms with E-state index in [1.807, 2.05) is 50.3 Å². The number of carbonyl (C=O) groups excluding carboxylic acids is 3. The maximum Gasteiger partial charge on any atom is 0.232 e. The lowest BCUT2D eigenvalue weighted by atomic mass is 9.72. The first-order chi connectivity index (χ1) is 11.0. The highest BCUT2D eigenvalue weighted by molar-refractivity contribution is 6.06. The minimum atomic E-state index is -0.512. The van der Waals surface area contributed by atoms with Gasteiger partial charge in [-0.05, 0) is 18.4 Å². The van der Waals surface area contributed by atoms with Crippen LogP contribution in [0.3, 0.4) is 0 Å². The predicted octanol–water partition coefficient (Wildman–Crippen LogP) is 1.20. The minimum absolute atomic E-state index is 0.00581. The van der Waals surface area contributed by atoms with E-state index in [4.69, 9.17) is 0 Å². The van der Waals surface area contributed by atoms with Crippen molar-refractivity contribution in [1.29, 1.82) is 0 Å². The van der Waals surface area contributed by atoms with Crippen LogP contribution in [-0.4, -0.2) is 23.8 Å². The van der Waals surface area contributed by atoms with Gasteiger partial charge in [-0.25, -0.2) is 0 Å². The van der Waals surface area contributed by atoms with Crippen LogP contribution < -0.4 is 10.6 Å². The second-order valence-corrected chi connectivity index (χ2v) is 6.38. The van der Waals surface area contributed by atoms with E-state index in [0.29, 0.717) is 0 Å². The van der Waals surface area contributed by atoms with Crippen molar-refractivity contribution in [3.63, 3.8) is 0 Å². The van der Waals surface area contributed by atoms with E-state index in [1.54, 1.807) is 0 Å². The normalized spacial score (nSPS) is 29.6. The van der Waals surface area contributed by atoms with E-state index in [0.717, 1.165) is 11.1 Å². The molecule has 0 saturated carbocycles. The smallest absolute Gasteiger partial charge is 0.232 e. The van der Waals surface area contributed by atoms with Gasteiger partial charge in [0.25, 0.3) is 0 Å². The molecule has 3 amide bonds. The molecule has 1 aliphatic carbocycles. The van der Waals surface area contributed by atoms with E-state index in [-0.39, 0.29) is 30.1 Å². The van der Waals surface area contributed by atoms with Crippen LogP contribution in [0.25, 0.3) is 0 Å². The molecule has 0 spiro atoms. The topological polar surface area (TPSA) is 75.3 Å². The van der Waals surface area contributed by atoms with Gasteiger partial charge in [0.05, 0.1) is 24.3 Å². The van der Waals surface area contributed by atoms with Crippen LogP contribution in [0.15, 0.2) is 42.0 Å². The van der Waals surface area contributed by atoms with Crippen LogP contribution in [0.2, 0.25) is 0 Å². The Kier molecular flexibility index (Phi) is 4.03. The maximum atomic E-state index is 12.3. The molecule has 3 rings (SSSR count). The lowest BCUT2D eigenvalue weighted by Gasteiger charge is -2.34. The van der Waals surface area contributed by atoms with E-state index in [2.05, 4.69) is 10.6 Å². The van der Waals surface area contributed by atoms with Crippen LogP contribution in [0.4, 0.5) is 0 Å². The van der Waals surface area contributed by atoms with Gasteiger partial charge in [0.2, 0.25) is 17.7 Å². The van der Waals surface area contributed by atoms with Crippen molar-refractivity contribution >= 4 is 17.7 Å². The SMILES string of the molecule is CC1=CC(C)[C@@H]2C(=O)NC(=O)[C@@H]2[C@@H]1NC(=O)Cc1ccccc1. The van der Waals surface area contributed by atoms with Crippen LogP contribution in [0.1, 0.15) is 19.4 Å². The Morgan fingerprint density at radius 2 is 1.78 bits per heavy atom. The summed E-state index contributed by atoms with van der Waals surface area (Å²) in [6.45, 7) is 3.83. The Morgan fingerprint density at radius 3 is 2.48 bits per heavy atom. The highest BCUT2D eigenvalue weighted by Gasteiger charge is 2.51. The van der Waals surface area contributed by atoms with Gasteiger partial charge in [-0.1, -0.05) is 48.9 Å². The monoisotopic (exact) mass is 312 g/mol. The quantitative estimate of drug-likeness (QED) is 0.650. The second-order valence-electron chi connectivity index (χ2n) is 6.38. The molecule has 2 N–H and O–H groups in total. The van der Waals surface area contributed by atoms with E-state index in [9.17, 15) is 14.4 Å². The van der Waals surface area contributed by atoms with Gasteiger partial charge in [-0.3, -0.25) is 19.7 Å². The molecule has 23 heavy (non-hydrogen) atoms. The summed E-state index contributed by atoms with van der Waals surface area (Å²) in [6, 6.07) is 9.03. The lowest BCUT2D eigenvalue weighted by molar-refractivity contribution is -0.126. The summed E-state index contributed by atoms with van der Waals surface area (Å²) < 4.78 is 0. The Hall–Kier alpha value is -2.43. The zero-order valence-electron chi connectivity index (χ0n) is 13.2. The zero-order valence-corrected chi connectivity index (χ0v) is 13.2. The molecule has 1 saturated heterocycles. The van der Waals surface area contributed by atoms with Gasteiger partial charge in [-0.15, -0.1) is 0 Å². The molecule has 5 heteroatoms. The summed E-state index contributed by atoms with van der Waals surface area (Å²) in [5.41, 5.74) is 1.85. The number of benzene rings is 1. The van der Waals surface area contributed by atoms with Crippen molar-refractivity contribution < 1.29 is 14.4 Å². The maximum absolute atomic E-state index is 12.3. The molecule has 4 atom stereocenters. The van der Waals surface area contributed by atoms with E-state index < -0.39 is 17.9 Å². The van der Waals surface area contributed by atoms with Crippen molar-refractivity contribution in [2.24, 2.45) is 17.8 Å². The summed E-state index contributed by atoms with van der Waals surface area (Å²) in [5, 5.41) is 5.34. The molecule has 0 bridgehead atoms. The fourth-order valence-corrected chi connectivity index (χ4v) is 3.65. The Balaban J connectivity index is 1.78. The summed E-state index contributed by atoms with van der Waals surface area (Å²) in [4.78, 5) is 36.5. The number of amides is 3. The van der Waals surface area contributed by atoms with E-state index >= 15 is 0 Å². The molecule has 1 unspecified atom stereocenters. The van der Waals surface area contributed by atoms with Crippen molar-refractivity contribution in [3.8, 4) is 0 Å². The Bertz CT molecular complexity index is 681. The second kappa shape index (κ2) is 5.99. The first kappa shape index (κ1) is 15.5. The molecule has 1 aromatic rings. The summed E-state index contributed by atoms with van der Waals surface area (Å²) in [7, 11) is 0. The molecule has 2 aliphatic rings. The molecule has 1 fully saturated rings. The highest BCUT2D eigenvalue weighted by atomic mass is 16.2. The van der Waals surface area contributed by atoms with Crippen LogP contribution in [-0.2, 0) is 20.8 Å². The Labute approximate surface area is 135 Å². The summed E-state index contributed by atoms with van der Waals surface area (Å²) >= 11 is 0. The number of imide groups is 1. The Morgan fingerprint density at radius 1 is 1.13 bits per heavy atom. The number of hydrogen-bond acceptors (Lipinski definition) is 3. The van der Waals surface area contributed by atoms with Gasteiger partial charge in [0.1, 0.15) is 0 Å². The number of rotatable bonds is 3. The van der Waals surface area contributed by atoms with Crippen LogP contribution in [0, 0.1) is 17.8 Å². The molecule has 120 valence electrons. The molecule has 0 aromatic heterocycles. The number of nitrogens with one attached hydrogen (secondary N) is 2. The minimum Gasteiger partial charge on any atom is -0.349 e. The number of hydrogen-bond donors (Lipinski definition) is 2. The molecule has 1 heterocycles. The average molecular weight is 312 g/mol. The predicted molar refractivity (Wildman–Crippen MR) is 85.1 cm³/mol. The van der Waals surface area contributed by atoms with E-state index in [1.165, 1.54) is 0 Å². The van der Waals surface area contributed by atoms with Gasteiger partial charge in [0.15, 0.2) is 0 Å². The van der Waals surface area contributed by atoms with Gasteiger partial charge in [0, 0.05) is 0 Å². The van der Waals surface area contributed by atoms with Gasteiger partial charge < -0.3 is 5.32 Å². The third-order valence-electron chi connectivity index (χ3n) is 4.70. The molecule has 1 aliphatic heterocycles. The standard InChI is InChI=1S/C18H20N2O3/c1-10-8-11(2)16(15-14(10)17(22)20-18(15)23)19-13(21)9-12-6-4-3-5-7-12/h3-8,10,14-16H,9H2,1-2H3,(H,19,21)(H,20,22,23)/t10?,14-,15-,16+/m0/s1. The molecular formula is C18H20N2O3. The van der Waals surface area contributed by atoms with Crippen molar-refractivity contribution in [3.05, 3.63) is 47.5 Å². The van der Waals surface area contributed by atoms with Gasteiger partial charge >= 0.3 is 0 Å². The summed E-state index contributed by atoms with van der Waals surface area (Å²) in [6.07, 6.45) is 2.24. The van der Waals surface area contributed by atoms with Crippen LogP contribution >= 0.6 is 0 Å². The van der Waals surface area contributed by atoms with Crippen molar-refractivity contribution in [2.75, 3.05) is 0 Å². The average Bonchev–Trinajstić information content (AvgIpc) is 2.79. The third-order valence-corrected chi connectivity index (χ3v) is 4.70. The lowest BCUT2D eigenvalue weighted by Crippen LogP contribution is -2.49. The fourth-order valence-electron chi connectivity index (χ4n) is 3.65. The van der Waals surface area contributed by atoms with Crippen molar-refractivity contribution in [1.82, 2.24) is 10.6 Å². The first-order valence-electron chi connectivity index (χ1n) is 7.83. The zero-order chi connectivity index (χ0) is 16.6. The molecule has 1 aromatic carbocycles. The number of carbonyl (C=O) groups is 3. The third kappa shape index (κ3) is 2.91. The molecular weight excluding hydrogens is 292 g/mol. The van der Waals surface area contributed by atoms with Crippen LogP contribution in [0.5, 0.6) is 0 Å². The van der Waals surface area contributed by atoms with Crippen molar-refractivity contribution in [2.45, 2.75) is 26.3 Å². The summed E-state index contributed by atoms with van der Waals surface area (Å²) in [5.74, 6) is -1.58. The largest absolute Gasteiger partial charge is 0.349 e. The van der Waals surface area contributed by atoms with Gasteiger partial charge in [-0.2, -0.15) is 0 Å². The fraction of sp³-hybridized carbons (Fsp3) is 0.389. The molecule has 0 radical (unpaired) electrons. The number of fused-ring (bicyclic) bond motifs is 1. The molecule has 5 nitrogen and oxygen atoms in total. The first-order valence-corrected chi connectivity index (χ1v) is 7.83. The number of allylic oxidation sites excluding steroid dienone is 1. The highest BCUT2D eigenvalue weighted by Crippen LogP contribution is 2.37.